The standard InChI is InChI=1S/C14H17F3O/c1-10(2)8-11-5-6-12(4-3-7-18)13(9-11)14(15,16)17/h5-7,9-10H,3-4,8H2,1-2H3. The summed E-state index contributed by atoms with van der Waals surface area (Å²) >= 11 is 0. The summed E-state index contributed by atoms with van der Waals surface area (Å²) in [5.41, 5.74) is 0.275. The molecule has 1 aromatic rings. The van der Waals surface area contributed by atoms with Crippen molar-refractivity contribution >= 4 is 6.29 Å². The molecule has 0 unspecified atom stereocenters. The summed E-state index contributed by atoms with van der Waals surface area (Å²) in [4.78, 5) is 10.3. The molecule has 100 valence electrons. The van der Waals surface area contributed by atoms with Crippen LogP contribution in [0.2, 0.25) is 0 Å². The molecule has 0 amide bonds. The van der Waals surface area contributed by atoms with Crippen LogP contribution in [-0.4, -0.2) is 6.29 Å². The van der Waals surface area contributed by atoms with Crippen LogP contribution < -0.4 is 0 Å². The molecule has 0 bridgehead atoms. The minimum Gasteiger partial charge on any atom is -0.303 e. The Morgan fingerprint density at radius 1 is 1.28 bits per heavy atom. The van der Waals surface area contributed by atoms with E-state index in [1.165, 1.54) is 12.1 Å². The third-order valence-electron chi connectivity index (χ3n) is 2.66. The second-order valence-electron chi connectivity index (χ2n) is 4.79. The van der Waals surface area contributed by atoms with E-state index in [1.54, 1.807) is 6.07 Å². The normalized spacial score (nSPS) is 11.9. The number of hydrogen-bond acceptors (Lipinski definition) is 1. The summed E-state index contributed by atoms with van der Waals surface area (Å²) in [6.45, 7) is 3.93. The molecule has 0 saturated heterocycles. The van der Waals surface area contributed by atoms with E-state index in [2.05, 4.69) is 0 Å². The van der Waals surface area contributed by atoms with Gasteiger partial charge in [0.2, 0.25) is 0 Å². The van der Waals surface area contributed by atoms with Crippen LogP contribution in [0.4, 0.5) is 13.2 Å². The van der Waals surface area contributed by atoms with Crippen molar-refractivity contribution in [3.8, 4) is 0 Å². The van der Waals surface area contributed by atoms with E-state index in [4.69, 9.17) is 0 Å². The maximum absolute atomic E-state index is 12.9. The second kappa shape index (κ2) is 6.03. The molecule has 0 radical (unpaired) electrons. The van der Waals surface area contributed by atoms with E-state index in [0.29, 0.717) is 24.2 Å². The second-order valence-corrected chi connectivity index (χ2v) is 4.79. The summed E-state index contributed by atoms with van der Waals surface area (Å²) in [5.74, 6) is 0.312. The number of alkyl halides is 3. The molecule has 0 heterocycles. The van der Waals surface area contributed by atoms with E-state index >= 15 is 0 Å². The number of benzene rings is 1. The van der Waals surface area contributed by atoms with E-state index in [1.807, 2.05) is 13.8 Å². The van der Waals surface area contributed by atoms with Gasteiger partial charge in [-0.25, -0.2) is 0 Å². The Labute approximate surface area is 105 Å². The molecule has 1 rings (SSSR count). The molecule has 0 atom stereocenters. The molecule has 0 aliphatic heterocycles. The van der Waals surface area contributed by atoms with Crippen LogP contribution in [0.1, 0.15) is 37.0 Å². The average molecular weight is 258 g/mol. The zero-order valence-corrected chi connectivity index (χ0v) is 10.6. The van der Waals surface area contributed by atoms with Crippen LogP contribution in [0.3, 0.4) is 0 Å². The molecule has 18 heavy (non-hydrogen) atoms. The average Bonchev–Trinajstić information content (AvgIpc) is 2.25. The number of halogens is 3. The van der Waals surface area contributed by atoms with Gasteiger partial charge in [0.25, 0.3) is 0 Å². The lowest BCUT2D eigenvalue weighted by Gasteiger charge is -2.15. The molecule has 0 aliphatic rings. The maximum atomic E-state index is 12.9. The number of aryl methyl sites for hydroxylation is 1. The van der Waals surface area contributed by atoms with Crippen molar-refractivity contribution in [3.05, 3.63) is 34.9 Å². The fourth-order valence-electron chi connectivity index (χ4n) is 1.92. The van der Waals surface area contributed by atoms with Gasteiger partial charge in [0, 0.05) is 6.42 Å². The molecule has 1 nitrogen and oxygen atoms in total. The number of hydrogen-bond donors (Lipinski definition) is 0. The van der Waals surface area contributed by atoms with Crippen LogP contribution in [0.15, 0.2) is 18.2 Å². The summed E-state index contributed by atoms with van der Waals surface area (Å²) in [5, 5.41) is 0. The predicted molar refractivity (Wildman–Crippen MR) is 64.4 cm³/mol. The topological polar surface area (TPSA) is 17.1 Å². The quantitative estimate of drug-likeness (QED) is 0.728. The third kappa shape index (κ3) is 4.17. The zero-order valence-electron chi connectivity index (χ0n) is 10.6. The van der Waals surface area contributed by atoms with Crippen molar-refractivity contribution < 1.29 is 18.0 Å². The number of aldehydes is 1. The van der Waals surface area contributed by atoms with Crippen LogP contribution in [-0.2, 0) is 23.8 Å². The first-order valence-electron chi connectivity index (χ1n) is 5.97. The maximum Gasteiger partial charge on any atom is 0.416 e. The van der Waals surface area contributed by atoms with Crippen molar-refractivity contribution in [1.82, 2.24) is 0 Å². The smallest absolute Gasteiger partial charge is 0.303 e. The van der Waals surface area contributed by atoms with Crippen LogP contribution in [0.5, 0.6) is 0 Å². The molecule has 4 heteroatoms. The molecule has 0 aromatic heterocycles. The first-order chi connectivity index (χ1) is 8.34. The Hall–Kier alpha value is -1.32. The van der Waals surface area contributed by atoms with Crippen molar-refractivity contribution in [3.63, 3.8) is 0 Å². The monoisotopic (exact) mass is 258 g/mol. The van der Waals surface area contributed by atoms with E-state index in [0.717, 1.165) is 0 Å². The van der Waals surface area contributed by atoms with Gasteiger partial charge in [0.15, 0.2) is 0 Å². The van der Waals surface area contributed by atoms with Gasteiger partial charge in [-0.1, -0.05) is 26.0 Å². The van der Waals surface area contributed by atoms with Gasteiger partial charge in [-0.05, 0) is 36.0 Å². The summed E-state index contributed by atoms with van der Waals surface area (Å²) < 4.78 is 38.7. The molecular formula is C14H17F3O. The van der Waals surface area contributed by atoms with Crippen molar-refractivity contribution in [1.29, 1.82) is 0 Å². The highest BCUT2D eigenvalue weighted by Gasteiger charge is 2.33. The number of carbonyl (C=O) groups is 1. The highest BCUT2D eigenvalue weighted by Crippen LogP contribution is 2.33. The first-order valence-corrected chi connectivity index (χ1v) is 5.97. The van der Waals surface area contributed by atoms with Crippen molar-refractivity contribution in [2.75, 3.05) is 0 Å². The number of rotatable bonds is 5. The highest BCUT2D eigenvalue weighted by atomic mass is 19.4. The van der Waals surface area contributed by atoms with Crippen molar-refractivity contribution in [2.45, 2.75) is 39.3 Å². The first kappa shape index (κ1) is 14.7. The minimum atomic E-state index is -4.36. The van der Waals surface area contributed by atoms with Crippen LogP contribution >= 0.6 is 0 Å². The Balaban J connectivity index is 3.08. The van der Waals surface area contributed by atoms with E-state index < -0.39 is 11.7 Å². The van der Waals surface area contributed by atoms with Crippen molar-refractivity contribution in [2.24, 2.45) is 5.92 Å². The minimum absolute atomic E-state index is 0.118. The van der Waals surface area contributed by atoms with Gasteiger partial charge in [0.05, 0.1) is 5.56 Å². The number of carbonyl (C=O) groups excluding carboxylic acids is 1. The Morgan fingerprint density at radius 3 is 2.44 bits per heavy atom. The fourth-order valence-corrected chi connectivity index (χ4v) is 1.92. The highest BCUT2D eigenvalue weighted by molar-refractivity contribution is 5.50. The molecule has 0 saturated carbocycles. The van der Waals surface area contributed by atoms with Gasteiger partial charge in [0.1, 0.15) is 6.29 Å². The molecule has 1 aromatic carbocycles. The zero-order chi connectivity index (χ0) is 13.8. The summed E-state index contributed by atoms with van der Waals surface area (Å²) in [6, 6.07) is 4.42. The third-order valence-corrected chi connectivity index (χ3v) is 2.66. The molecule has 0 N–H and O–H groups in total. The molecule has 0 aliphatic carbocycles. The van der Waals surface area contributed by atoms with Crippen LogP contribution in [0.25, 0.3) is 0 Å². The van der Waals surface area contributed by atoms with Gasteiger partial charge >= 0.3 is 6.18 Å². The Morgan fingerprint density at radius 2 is 1.94 bits per heavy atom. The lowest BCUT2D eigenvalue weighted by molar-refractivity contribution is -0.138. The van der Waals surface area contributed by atoms with Gasteiger partial charge in [-0.2, -0.15) is 13.2 Å². The fraction of sp³-hybridized carbons (Fsp3) is 0.500. The Kier molecular flexibility index (Phi) is 4.93. The lowest BCUT2D eigenvalue weighted by atomic mass is 9.96. The van der Waals surface area contributed by atoms with E-state index in [9.17, 15) is 18.0 Å². The molecule has 0 fully saturated rings. The van der Waals surface area contributed by atoms with Gasteiger partial charge in [-0.15, -0.1) is 0 Å². The largest absolute Gasteiger partial charge is 0.416 e. The van der Waals surface area contributed by atoms with E-state index in [-0.39, 0.29) is 18.4 Å². The molecular weight excluding hydrogens is 241 g/mol. The summed E-state index contributed by atoms with van der Waals surface area (Å²) in [7, 11) is 0. The summed E-state index contributed by atoms with van der Waals surface area (Å²) in [6.07, 6.45) is -2.84. The molecule has 0 spiro atoms. The lowest BCUT2D eigenvalue weighted by Crippen LogP contribution is -2.11. The van der Waals surface area contributed by atoms with Crippen LogP contribution in [0, 0.1) is 5.92 Å². The predicted octanol–water partition coefficient (Wildman–Crippen LogP) is 4.04. The Bertz CT molecular complexity index is 408. The van der Waals surface area contributed by atoms with Gasteiger partial charge in [-0.3, -0.25) is 0 Å². The van der Waals surface area contributed by atoms with Gasteiger partial charge < -0.3 is 4.79 Å². The SMILES string of the molecule is CC(C)Cc1ccc(CCC=O)c(C(F)(F)F)c1.